The van der Waals surface area contributed by atoms with Crippen LogP contribution < -0.4 is 15.4 Å². The summed E-state index contributed by atoms with van der Waals surface area (Å²) >= 11 is 0. The molecule has 68 heavy (non-hydrogen) atoms. The number of H-pyrrole nitrogens is 2. The second kappa shape index (κ2) is 20.1. The van der Waals surface area contributed by atoms with Crippen molar-refractivity contribution in [3.05, 3.63) is 148 Å². The zero-order chi connectivity index (χ0) is 47.1. The van der Waals surface area contributed by atoms with E-state index in [1.807, 2.05) is 53.1 Å². The van der Waals surface area contributed by atoms with E-state index in [0.29, 0.717) is 82.0 Å². The summed E-state index contributed by atoms with van der Waals surface area (Å²) in [7, 11) is 1.66. The van der Waals surface area contributed by atoms with Crippen molar-refractivity contribution in [2.45, 2.75) is 6.92 Å². The molecule has 0 saturated carbocycles. The Bertz CT molecular complexity index is 3170. The molecule has 2 fully saturated rings. The summed E-state index contributed by atoms with van der Waals surface area (Å²) in [6.45, 7) is 7.49. The first-order chi connectivity index (χ1) is 33.1. The lowest BCUT2D eigenvalue weighted by molar-refractivity contribution is 0.0730. The number of fused-ring (bicyclic) bond motifs is 2. The van der Waals surface area contributed by atoms with E-state index in [2.05, 4.69) is 36.0 Å². The van der Waals surface area contributed by atoms with Crippen LogP contribution in [0.1, 0.15) is 48.8 Å². The molecule has 15 nitrogen and oxygen atoms in total. The Morgan fingerprint density at radius 2 is 1.12 bits per heavy atom. The number of ether oxygens (including phenoxy) is 1. The number of nitrogens with zero attached hydrogens (tertiary/aromatic N) is 6. The summed E-state index contributed by atoms with van der Waals surface area (Å²) < 4.78 is 19.4. The first-order valence-corrected chi connectivity index (χ1v) is 22.3. The minimum Gasteiger partial charge on any atom is -0.508 e. The Labute approximate surface area is 391 Å². The molecule has 4 aromatic carbocycles. The molecule has 0 bridgehead atoms. The van der Waals surface area contributed by atoms with E-state index >= 15 is 0 Å². The van der Waals surface area contributed by atoms with Gasteiger partial charge in [0, 0.05) is 69.0 Å². The summed E-state index contributed by atoms with van der Waals surface area (Å²) in [5, 5.41) is 41.9. The summed E-state index contributed by atoms with van der Waals surface area (Å²) in [5.41, 5.74) is 8.45. The number of hydrogen-bond acceptors (Lipinski definition) is 11. The van der Waals surface area contributed by atoms with E-state index in [9.17, 15) is 24.2 Å². The number of methoxy groups -OCH3 is 1. The van der Waals surface area contributed by atoms with Crippen molar-refractivity contribution in [2.24, 2.45) is 0 Å². The number of carbonyl (C=O) groups is 2. The van der Waals surface area contributed by atoms with Gasteiger partial charge in [-0.25, -0.2) is 14.4 Å². The normalized spacial score (nSPS) is 14.2. The number of benzene rings is 4. The van der Waals surface area contributed by atoms with Crippen LogP contribution in [0.5, 0.6) is 17.2 Å². The lowest BCUT2D eigenvalue weighted by Gasteiger charge is -2.27. The molecule has 2 saturated heterocycles. The topological polar surface area (TPSA) is 198 Å². The van der Waals surface area contributed by atoms with Crippen LogP contribution in [0, 0.1) is 12.7 Å². The molecule has 0 radical (unpaired) electrons. The Balaban J connectivity index is 0.000000170. The van der Waals surface area contributed by atoms with E-state index in [4.69, 9.17) is 9.72 Å². The average molecular weight is 913 g/mol. The van der Waals surface area contributed by atoms with Gasteiger partial charge in [0.15, 0.2) is 11.3 Å². The van der Waals surface area contributed by atoms with Gasteiger partial charge in [0.1, 0.15) is 23.1 Å². The zero-order valence-electron chi connectivity index (χ0n) is 37.5. The van der Waals surface area contributed by atoms with Gasteiger partial charge in [-0.15, -0.1) is 0 Å². The fraction of sp³-hybridized carbons (Fsp3) is 0.192. The summed E-state index contributed by atoms with van der Waals surface area (Å²) in [4.78, 5) is 40.2. The van der Waals surface area contributed by atoms with Gasteiger partial charge in [-0.1, -0.05) is 30.3 Å². The largest absolute Gasteiger partial charge is 0.508 e. The zero-order valence-corrected chi connectivity index (χ0v) is 37.5. The van der Waals surface area contributed by atoms with E-state index < -0.39 is 0 Å². The third kappa shape index (κ3) is 9.82. The molecule has 0 unspecified atom stereocenters. The van der Waals surface area contributed by atoms with Crippen molar-refractivity contribution < 1.29 is 28.9 Å². The Morgan fingerprint density at radius 3 is 1.59 bits per heavy atom. The number of phenols is 2. The Morgan fingerprint density at radius 1 is 0.632 bits per heavy atom. The molecule has 16 heteroatoms. The molecule has 2 amide bonds. The maximum Gasteiger partial charge on any atom is 0.254 e. The molecule has 6 heterocycles. The average Bonchev–Trinajstić information content (AvgIpc) is 3.99. The highest BCUT2D eigenvalue weighted by Gasteiger charge is 2.26. The molecule has 344 valence electrons. The first kappa shape index (κ1) is 45.0. The third-order valence-corrected chi connectivity index (χ3v) is 11.9. The molecular formula is C52H49FN10O5. The standard InChI is InChI=1S/C27H27N5O3.C25H22FN5O2/c1-17-15-18(4-10-24(17)35-2)3-9-22-25-21(27(34)32-13-11-28-12-14-32)16-23(29-26(25)31-30-22)19-5-7-20(33)8-6-19;26-20-4-2-1-3-16(20)7-10-21-23-19(25(33)31-13-11-27-12-14-31)15-22(28-24(23)30-29-21)17-5-8-18(32)9-6-17/h3-10,15-16,28,33H,11-14H2,1-2H3,(H,29,30,31);1-10,15,27,32H,11-14H2,(H,28,29,30)/b9-3+;10-7+. The molecule has 2 aliphatic heterocycles. The van der Waals surface area contributed by atoms with Crippen molar-refractivity contribution in [1.29, 1.82) is 0 Å². The minimum atomic E-state index is -0.331. The number of aromatic hydroxyl groups is 2. The maximum absolute atomic E-state index is 14.1. The number of pyridine rings is 2. The summed E-state index contributed by atoms with van der Waals surface area (Å²) in [6, 6.07) is 29.4. The van der Waals surface area contributed by atoms with Gasteiger partial charge in [-0.3, -0.25) is 19.8 Å². The van der Waals surface area contributed by atoms with Crippen molar-refractivity contribution in [3.8, 4) is 39.8 Å². The number of hydrogen-bond donors (Lipinski definition) is 6. The van der Waals surface area contributed by atoms with Crippen molar-refractivity contribution in [1.82, 2.24) is 50.8 Å². The molecule has 6 N–H and O–H groups in total. The van der Waals surface area contributed by atoms with Gasteiger partial charge in [-0.05, 0) is 115 Å². The van der Waals surface area contributed by atoms with Gasteiger partial charge in [0.05, 0.1) is 51.8 Å². The van der Waals surface area contributed by atoms with Crippen LogP contribution in [0.4, 0.5) is 4.39 Å². The number of aryl methyl sites for hydroxylation is 1. The highest BCUT2D eigenvalue weighted by molar-refractivity contribution is 6.10. The summed E-state index contributed by atoms with van der Waals surface area (Å²) in [5.74, 6) is 0.678. The van der Waals surface area contributed by atoms with E-state index in [0.717, 1.165) is 59.9 Å². The van der Waals surface area contributed by atoms with Gasteiger partial charge < -0.3 is 35.4 Å². The number of aromatic nitrogens is 6. The Hall–Kier alpha value is -8.21. The molecule has 0 spiro atoms. The molecule has 8 aromatic rings. The molecule has 0 atom stereocenters. The van der Waals surface area contributed by atoms with Crippen LogP contribution in [-0.4, -0.2) is 122 Å². The monoisotopic (exact) mass is 912 g/mol. The van der Waals surface area contributed by atoms with Gasteiger partial charge in [0.25, 0.3) is 11.8 Å². The highest BCUT2D eigenvalue weighted by Crippen LogP contribution is 2.31. The van der Waals surface area contributed by atoms with Crippen LogP contribution in [0.25, 0.3) is 68.9 Å². The number of nitrogens with one attached hydrogen (secondary N) is 4. The van der Waals surface area contributed by atoms with Crippen LogP contribution in [0.15, 0.2) is 103 Å². The number of halogens is 1. The predicted molar refractivity (Wildman–Crippen MR) is 262 cm³/mol. The third-order valence-electron chi connectivity index (χ3n) is 11.9. The SMILES string of the molecule is COc1ccc(/C=C/c2[nH]nc3nc(-c4ccc(O)cc4)cc(C(=O)N4CCNCC4)c23)cc1C.O=C(c1cc(-c2ccc(O)cc2)nc2n[nH]c(/C=C/c3ccccc3F)c12)N1CCNCC1. The number of amides is 2. The van der Waals surface area contributed by atoms with E-state index in [1.165, 1.54) is 6.07 Å². The quantitative estimate of drug-likeness (QED) is 0.0837. The molecule has 4 aromatic heterocycles. The van der Waals surface area contributed by atoms with Crippen molar-refractivity contribution >= 4 is 58.2 Å². The summed E-state index contributed by atoms with van der Waals surface area (Å²) in [6.07, 6.45) is 7.26. The minimum absolute atomic E-state index is 0.0460. The van der Waals surface area contributed by atoms with Gasteiger partial charge >= 0.3 is 0 Å². The number of carbonyl (C=O) groups excluding carboxylic acids is 2. The van der Waals surface area contributed by atoms with Gasteiger partial charge in [-0.2, -0.15) is 10.2 Å². The van der Waals surface area contributed by atoms with Crippen molar-refractivity contribution in [3.63, 3.8) is 0 Å². The second-order valence-corrected chi connectivity index (χ2v) is 16.4. The molecular weight excluding hydrogens is 864 g/mol. The lowest BCUT2D eigenvalue weighted by atomic mass is 10.0. The molecule has 10 rings (SSSR count). The number of aromatic amines is 2. The fourth-order valence-corrected chi connectivity index (χ4v) is 8.28. The van der Waals surface area contributed by atoms with Crippen LogP contribution in [0.3, 0.4) is 0 Å². The lowest BCUT2D eigenvalue weighted by Crippen LogP contribution is -2.46. The first-order valence-electron chi connectivity index (χ1n) is 22.3. The smallest absolute Gasteiger partial charge is 0.254 e. The molecule has 0 aliphatic carbocycles. The number of phenolic OH excluding ortho intramolecular Hbond substituents is 2. The number of piperazine rings is 2. The van der Waals surface area contributed by atoms with Crippen LogP contribution >= 0.6 is 0 Å². The van der Waals surface area contributed by atoms with Crippen LogP contribution in [-0.2, 0) is 0 Å². The maximum atomic E-state index is 14.1. The fourth-order valence-electron chi connectivity index (χ4n) is 8.28. The number of rotatable bonds is 9. The van der Waals surface area contributed by atoms with Crippen molar-refractivity contribution in [2.75, 3.05) is 59.5 Å². The highest BCUT2D eigenvalue weighted by atomic mass is 19.1. The molecule has 2 aliphatic rings. The van der Waals surface area contributed by atoms with E-state index in [-0.39, 0.29) is 29.1 Å². The Kier molecular flexibility index (Phi) is 13.3. The van der Waals surface area contributed by atoms with E-state index in [1.54, 1.807) is 92.1 Å². The second-order valence-electron chi connectivity index (χ2n) is 16.4. The van der Waals surface area contributed by atoms with Gasteiger partial charge in [0.2, 0.25) is 0 Å². The van der Waals surface area contributed by atoms with Crippen LogP contribution in [0.2, 0.25) is 0 Å². The predicted octanol–water partition coefficient (Wildman–Crippen LogP) is 7.55.